The predicted octanol–water partition coefficient (Wildman–Crippen LogP) is 0.331. The number of aliphatic carboxylic acids is 1. The monoisotopic (exact) mass is 199 g/mol. The number of carboxylic acid groups (broad SMARTS) is 1. The van der Waals surface area contributed by atoms with E-state index in [0.29, 0.717) is 17.9 Å². The van der Waals surface area contributed by atoms with Crippen LogP contribution in [0, 0.1) is 6.92 Å². The van der Waals surface area contributed by atoms with Crippen molar-refractivity contribution in [2.75, 3.05) is 0 Å². The maximum atomic E-state index is 10.7. The van der Waals surface area contributed by atoms with Gasteiger partial charge in [-0.3, -0.25) is 10.1 Å². The maximum absolute atomic E-state index is 10.7. The molecule has 0 spiro atoms. The Kier molecular flexibility index (Phi) is 2.85. The summed E-state index contributed by atoms with van der Waals surface area (Å²) in [7, 11) is 0. The molecule has 1 aromatic rings. The van der Waals surface area contributed by atoms with Crippen LogP contribution in [0.5, 0.6) is 0 Å². The van der Waals surface area contributed by atoms with Crippen LogP contribution in [0.15, 0.2) is 4.63 Å². The highest BCUT2D eigenvalue weighted by Gasteiger charge is 2.26. The number of hydrogen-bond acceptors (Lipinski definition) is 5. The van der Waals surface area contributed by atoms with Crippen molar-refractivity contribution in [1.29, 1.82) is 0 Å². The van der Waals surface area contributed by atoms with E-state index in [-0.39, 0.29) is 0 Å². The lowest BCUT2D eigenvalue weighted by Crippen LogP contribution is -2.46. The molecular formula is C8H13N3O3. The molecule has 1 rings (SSSR count). The Morgan fingerprint density at radius 3 is 2.64 bits per heavy atom. The van der Waals surface area contributed by atoms with Crippen molar-refractivity contribution in [3.05, 3.63) is 11.4 Å². The summed E-state index contributed by atoms with van der Waals surface area (Å²) in [5.74, 6) is -0.911. The summed E-state index contributed by atoms with van der Waals surface area (Å²) in [6.45, 7) is 5.24. The fourth-order valence-electron chi connectivity index (χ4n) is 0.790. The van der Waals surface area contributed by atoms with Gasteiger partial charge in [0.1, 0.15) is 16.9 Å². The fourth-order valence-corrected chi connectivity index (χ4v) is 0.790. The molecule has 0 unspecified atom stereocenters. The van der Waals surface area contributed by atoms with Crippen LogP contribution in [0.1, 0.15) is 25.2 Å². The molecule has 6 nitrogen and oxygen atoms in total. The Morgan fingerprint density at radius 1 is 1.57 bits per heavy atom. The topological polar surface area (TPSA) is 88.3 Å². The average Bonchev–Trinajstić information content (AvgIpc) is 2.47. The first kappa shape index (κ1) is 10.6. The normalized spacial score (nSPS) is 11.6. The summed E-state index contributed by atoms with van der Waals surface area (Å²) >= 11 is 0. The molecule has 0 saturated carbocycles. The van der Waals surface area contributed by atoms with Gasteiger partial charge in [0.05, 0.1) is 0 Å². The Balaban J connectivity index is 2.57. The van der Waals surface area contributed by atoms with Crippen molar-refractivity contribution in [2.24, 2.45) is 0 Å². The van der Waals surface area contributed by atoms with Gasteiger partial charge in [0, 0.05) is 6.54 Å². The van der Waals surface area contributed by atoms with Gasteiger partial charge in [0.2, 0.25) is 0 Å². The number of hydrogen-bond donors (Lipinski definition) is 2. The third-order valence-corrected chi connectivity index (χ3v) is 1.98. The van der Waals surface area contributed by atoms with E-state index in [2.05, 4.69) is 20.3 Å². The van der Waals surface area contributed by atoms with E-state index in [0.717, 1.165) is 0 Å². The molecule has 78 valence electrons. The molecule has 6 heteroatoms. The quantitative estimate of drug-likeness (QED) is 0.726. The first-order valence-electron chi connectivity index (χ1n) is 4.20. The number of nitrogens with one attached hydrogen (secondary N) is 1. The highest BCUT2D eigenvalue weighted by Crippen LogP contribution is 2.05. The molecule has 0 bridgehead atoms. The SMILES string of the molecule is Cc1nonc1CNC(C)(C)C(=O)O. The lowest BCUT2D eigenvalue weighted by Gasteiger charge is -2.19. The standard InChI is InChI=1S/C8H13N3O3/c1-5-6(11-14-10-5)4-9-8(2,3)7(12)13/h9H,4H2,1-3H3,(H,12,13). The van der Waals surface area contributed by atoms with Crippen molar-refractivity contribution in [3.63, 3.8) is 0 Å². The third-order valence-electron chi connectivity index (χ3n) is 1.98. The van der Waals surface area contributed by atoms with E-state index >= 15 is 0 Å². The number of aromatic nitrogens is 2. The average molecular weight is 199 g/mol. The molecule has 1 heterocycles. The second kappa shape index (κ2) is 3.75. The van der Waals surface area contributed by atoms with Crippen molar-refractivity contribution in [2.45, 2.75) is 32.9 Å². The van der Waals surface area contributed by atoms with Gasteiger partial charge in [0.15, 0.2) is 0 Å². The zero-order valence-corrected chi connectivity index (χ0v) is 8.37. The number of nitrogens with zero attached hydrogens (tertiary/aromatic N) is 2. The predicted molar refractivity (Wildman–Crippen MR) is 47.6 cm³/mol. The van der Waals surface area contributed by atoms with Gasteiger partial charge < -0.3 is 5.11 Å². The summed E-state index contributed by atoms with van der Waals surface area (Å²) in [5.41, 5.74) is 0.309. The first-order chi connectivity index (χ1) is 6.43. The lowest BCUT2D eigenvalue weighted by atomic mass is 10.1. The van der Waals surface area contributed by atoms with E-state index in [1.54, 1.807) is 20.8 Å². The van der Waals surface area contributed by atoms with Crippen LogP contribution in [0.25, 0.3) is 0 Å². The van der Waals surface area contributed by atoms with Crippen LogP contribution in [0.3, 0.4) is 0 Å². The van der Waals surface area contributed by atoms with Gasteiger partial charge in [-0.2, -0.15) is 0 Å². The molecule has 0 aromatic carbocycles. The van der Waals surface area contributed by atoms with Crippen molar-refractivity contribution < 1.29 is 14.5 Å². The Morgan fingerprint density at radius 2 is 2.21 bits per heavy atom. The van der Waals surface area contributed by atoms with E-state index in [9.17, 15) is 4.79 Å². The smallest absolute Gasteiger partial charge is 0.323 e. The second-order valence-electron chi connectivity index (χ2n) is 3.58. The summed E-state index contributed by atoms with van der Waals surface area (Å²) in [4.78, 5) is 10.7. The van der Waals surface area contributed by atoms with E-state index in [1.807, 2.05) is 0 Å². The van der Waals surface area contributed by atoms with E-state index in [4.69, 9.17) is 5.11 Å². The molecular weight excluding hydrogens is 186 g/mol. The molecule has 0 saturated heterocycles. The second-order valence-corrected chi connectivity index (χ2v) is 3.58. The van der Waals surface area contributed by atoms with Crippen molar-refractivity contribution in [3.8, 4) is 0 Å². The van der Waals surface area contributed by atoms with E-state index in [1.165, 1.54) is 0 Å². The number of rotatable bonds is 4. The number of carboxylic acids is 1. The number of aryl methyl sites for hydroxylation is 1. The molecule has 2 N–H and O–H groups in total. The van der Waals surface area contributed by atoms with Gasteiger partial charge in [-0.25, -0.2) is 4.63 Å². The van der Waals surface area contributed by atoms with Crippen LogP contribution in [0.4, 0.5) is 0 Å². The van der Waals surface area contributed by atoms with Crippen molar-refractivity contribution in [1.82, 2.24) is 15.6 Å². The molecule has 0 amide bonds. The minimum absolute atomic E-state index is 0.328. The lowest BCUT2D eigenvalue weighted by molar-refractivity contribution is -0.143. The minimum atomic E-state index is -0.981. The van der Waals surface area contributed by atoms with Gasteiger partial charge in [0.25, 0.3) is 0 Å². The van der Waals surface area contributed by atoms with Crippen LogP contribution in [-0.4, -0.2) is 26.9 Å². The Labute approximate surface area is 81.3 Å². The first-order valence-corrected chi connectivity index (χ1v) is 4.20. The van der Waals surface area contributed by atoms with Crippen LogP contribution >= 0.6 is 0 Å². The molecule has 0 radical (unpaired) electrons. The van der Waals surface area contributed by atoms with E-state index < -0.39 is 11.5 Å². The molecule has 0 atom stereocenters. The van der Waals surface area contributed by atoms with Crippen molar-refractivity contribution >= 4 is 5.97 Å². The summed E-state index contributed by atoms with van der Waals surface area (Å²) in [6.07, 6.45) is 0. The summed E-state index contributed by atoms with van der Waals surface area (Å²) < 4.78 is 4.48. The maximum Gasteiger partial charge on any atom is 0.323 e. The summed E-state index contributed by atoms with van der Waals surface area (Å²) in [6, 6.07) is 0. The highest BCUT2D eigenvalue weighted by atomic mass is 16.6. The van der Waals surface area contributed by atoms with Crippen LogP contribution in [0.2, 0.25) is 0 Å². The molecule has 1 aromatic heterocycles. The molecule has 14 heavy (non-hydrogen) atoms. The van der Waals surface area contributed by atoms with Gasteiger partial charge in [-0.1, -0.05) is 10.3 Å². The van der Waals surface area contributed by atoms with Gasteiger partial charge >= 0.3 is 5.97 Å². The largest absolute Gasteiger partial charge is 0.480 e. The zero-order chi connectivity index (χ0) is 10.8. The Bertz CT molecular complexity index is 332. The summed E-state index contributed by atoms with van der Waals surface area (Å²) in [5, 5.41) is 18.9. The fraction of sp³-hybridized carbons (Fsp3) is 0.625. The van der Waals surface area contributed by atoms with Crippen LogP contribution < -0.4 is 5.32 Å². The minimum Gasteiger partial charge on any atom is -0.480 e. The molecule has 0 aliphatic carbocycles. The molecule has 0 fully saturated rings. The molecule has 0 aliphatic heterocycles. The third kappa shape index (κ3) is 2.29. The Hall–Kier alpha value is -1.43. The van der Waals surface area contributed by atoms with Gasteiger partial charge in [-0.05, 0) is 20.8 Å². The zero-order valence-electron chi connectivity index (χ0n) is 8.37. The van der Waals surface area contributed by atoms with Crippen LogP contribution in [-0.2, 0) is 11.3 Å². The highest BCUT2D eigenvalue weighted by molar-refractivity contribution is 5.77. The number of carbonyl (C=O) groups is 1. The molecule has 0 aliphatic rings. The van der Waals surface area contributed by atoms with Gasteiger partial charge in [-0.15, -0.1) is 0 Å².